The molecule has 0 spiro atoms. The summed E-state index contributed by atoms with van der Waals surface area (Å²) in [5, 5.41) is 13.4. The van der Waals surface area contributed by atoms with Crippen LogP contribution in [-0.2, 0) is 24.6 Å². The van der Waals surface area contributed by atoms with E-state index in [9.17, 15) is 23.5 Å². The van der Waals surface area contributed by atoms with Gasteiger partial charge in [0.1, 0.15) is 23.0 Å². The lowest BCUT2D eigenvalue weighted by Gasteiger charge is -2.27. The number of halogens is 3. The van der Waals surface area contributed by atoms with E-state index < -0.39 is 36.2 Å². The van der Waals surface area contributed by atoms with Crippen molar-refractivity contribution >= 4 is 34.1 Å². The number of fused-ring (bicyclic) bond motifs is 1. The number of hydrogen-bond acceptors (Lipinski definition) is 7. The van der Waals surface area contributed by atoms with Crippen molar-refractivity contribution in [2.75, 3.05) is 10.2 Å². The Morgan fingerprint density at radius 3 is 2.39 bits per heavy atom. The highest BCUT2D eigenvalue weighted by molar-refractivity contribution is 14.1. The Morgan fingerprint density at radius 2 is 1.76 bits per heavy atom. The van der Waals surface area contributed by atoms with Crippen LogP contribution < -0.4 is 30.9 Å². The zero-order valence-corrected chi connectivity index (χ0v) is 25.6. The third-order valence-electron chi connectivity index (χ3n) is 7.04. The molecule has 12 heteroatoms. The Balaban J connectivity index is 1.72. The Bertz CT molecular complexity index is 1480. The predicted octanol–water partition coefficient (Wildman–Crippen LogP) is 5.07. The molecule has 0 radical (unpaired) electrons. The molecule has 2 unspecified atom stereocenters. The molecule has 2 heterocycles. The number of benzene rings is 2. The summed E-state index contributed by atoms with van der Waals surface area (Å²) in [5.41, 5.74) is 1.24. The fourth-order valence-electron chi connectivity index (χ4n) is 4.45. The second-order valence-electron chi connectivity index (χ2n) is 10.4. The average Bonchev–Trinajstić information content (AvgIpc) is 3.29. The molecule has 1 aromatic heterocycles. The number of anilines is 2. The number of alkyl halides is 3. The minimum Gasteiger partial charge on any atom is -0.452 e. The quantitative estimate of drug-likeness (QED) is 0.203. The number of aromatic nitrogens is 2. The van der Waals surface area contributed by atoms with Crippen molar-refractivity contribution < 1.29 is 23.4 Å². The molecule has 41 heavy (non-hydrogen) atoms. The summed E-state index contributed by atoms with van der Waals surface area (Å²) in [4.78, 5) is 28.7. The van der Waals surface area contributed by atoms with E-state index in [2.05, 4.69) is 27.9 Å². The molecule has 222 valence electrons. The first-order valence-electron chi connectivity index (χ1n) is 13.5. The van der Waals surface area contributed by atoms with E-state index in [-0.39, 0.29) is 48.4 Å². The van der Waals surface area contributed by atoms with Crippen molar-refractivity contribution in [3.8, 4) is 11.5 Å². The van der Waals surface area contributed by atoms with Crippen molar-refractivity contribution in [1.29, 1.82) is 0 Å². The second kappa shape index (κ2) is 12.8. The monoisotopic (exact) mass is 684 g/mol. The average molecular weight is 685 g/mol. The van der Waals surface area contributed by atoms with E-state index in [1.807, 2.05) is 38.1 Å². The standard InChI is InChI=1S/C29H35F2IN4O5/c1-5-29(30,31)41-22-8-6-7-21(15-22)40-27-33-25-24(36(27)17-20-11-9-19(16-32)10-12-20)26(38)35(28(39)34(25)4)14-13-23(37)18(2)3/h6-12,15,18,23,27,33,37H,5,13-14,16-17H2,1-4H3. The van der Waals surface area contributed by atoms with Gasteiger partial charge in [0.15, 0.2) is 0 Å². The molecule has 0 saturated carbocycles. The molecular formula is C29H35F2IN4O5. The smallest absolute Gasteiger partial charge is 0.397 e. The van der Waals surface area contributed by atoms with Crippen LogP contribution in [0.4, 0.5) is 20.3 Å². The molecule has 9 nitrogen and oxygen atoms in total. The van der Waals surface area contributed by atoms with Gasteiger partial charge < -0.3 is 24.8 Å². The molecule has 0 saturated heterocycles. The fourth-order valence-corrected chi connectivity index (χ4v) is 4.96. The zero-order valence-electron chi connectivity index (χ0n) is 23.4. The van der Waals surface area contributed by atoms with Crippen LogP contribution in [0.5, 0.6) is 11.5 Å². The van der Waals surface area contributed by atoms with Gasteiger partial charge in [-0.2, -0.15) is 8.78 Å². The Morgan fingerprint density at radius 1 is 1.10 bits per heavy atom. The van der Waals surface area contributed by atoms with Gasteiger partial charge in [0, 0.05) is 37.1 Å². The van der Waals surface area contributed by atoms with Crippen molar-refractivity contribution in [3.05, 3.63) is 80.5 Å². The van der Waals surface area contributed by atoms with Crippen LogP contribution in [-0.4, -0.2) is 32.8 Å². The van der Waals surface area contributed by atoms with Gasteiger partial charge in [-0.15, -0.1) is 0 Å². The van der Waals surface area contributed by atoms with Crippen LogP contribution in [0.15, 0.2) is 58.1 Å². The van der Waals surface area contributed by atoms with E-state index in [1.54, 1.807) is 18.0 Å². The van der Waals surface area contributed by atoms with Gasteiger partial charge in [-0.05, 0) is 35.6 Å². The molecule has 3 aromatic rings. The van der Waals surface area contributed by atoms with Gasteiger partial charge in [0.2, 0.25) is 0 Å². The summed E-state index contributed by atoms with van der Waals surface area (Å²) in [5.74, 6) is 0.418. The maximum atomic E-state index is 13.9. The molecule has 0 fully saturated rings. The summed E-state index contributed by atoms with van der Waals surface area (Å²) in [7, 11) is 1.56. The van der Waals surface area contributed by atoms with Gasteiger partial charge in [-0.3, -0.25) is 13.9 Å². The maximum absolute atomic E-state index is 13.9. The topological polar surface area (TPSA) is 98.0 Å². The van der Waals surface area contributed by atoms with Gasteiger partial charge in [0.25, 0.3) is 11.9 Å². The van der Waals surface area contributed by atoms with Gasteiger partial charge >= 0.3 is 11.8 Å². The predicted molar refractivity (Wildman–Crippen MR) is 162 cm³/mol. The highest BCUT2D eigenvalue weighted by Crippen LogP contribution is 2.34. The molecule has 0 bridgehead atoms. The normalized spacial score (nSPS) is 15.5. The number of ether oxygens (including phenoxy) is 2. The fraction of sp³-hybridized carbons (Fsp3) is 0.448. The summed E-state index contributed by atoms with van der Waals surface area (Å²) >= 11 is 2.28. The molecule has 0 aliphatic carbocycles. The largest absolute Gasteiger partial charge is 0.452 e. The molecule has 4 rings (SSSR count). The number of aliphatic hydroxyl groups excluding tert-OH is 1. The third-order valence-corrected chi connectivity index (χ3v) is 7.92. The van der Waals surface area contributed by atoms with Crippen LogP contribution in [0.25, 0.3) is 0 Å². The third kappa shape index (κ3) is 7.03. The van der Waals surface area contributed by atoms with E-state index in [0.29, 0.717) is 0 Å². The van der Waals surface area contributed by atoms with E-state index >= 15 is 0 Å². The molecular weight excluding hydrogens is 649 g/mol. The minimum absolute atomic E-state index is 0.0255. The van der Waals surface area contributed by atoms with Crippen LogP contribution in [0.1, 0.15) is 44.7 Å². The van der Waals surface area contributed by atoms with Crippen molar-refractivity contribution in [3.63, 3.8) is 0 Å². The number of aliphatic hydroxyl groups is 1. The minimum atomic E-state index is -3.33. The molecule has 1 aliphatic heterocycles. The summed E-state index contributed by atoms with van der Waals surface area (Å²) < 4.78 is 42.1. The first-order chi connectivity index (χ1) is 19.4. The van der Waals surface area contributed by atoms with Crippen molar-refractivity contribution in [2.24, 2.45) is 13.0 Å². The Kier molecular flexibility index (Phi) is 9.62. The van der Waals surface area contributed by atoms with Gasteiger partial charge in [0.05, 0.1) is 6.10 Å². The molecule has 1 aliphatic rings. The number of hydrogen-bond donors (Lipinski definition) is 2. The molecule has 0 amide bonds. The second-order valence-corrected chi connectivity index (χ2v) is 11.1. The number of nitrogens with one attached hydrogen (secondary N) is 1. The Labute approximate surface area is 250 Å². The van der Waals surface area contributed by atoms with Gasteiger partial charge in [-0.25, -0.2) is 4.79 Å². The first-order valence-corrected chi connectivity index (χ1v) is 15.0. The lowest BCUT2D eigenvalue weighted by atomic mass is 10.0. The van der Waals surface area contributed by atoms with Crippen LogP contribution >= 0.6 is 22.6 Å². The number of rotatable bonds is 12. The SMILES string of the molecule is CCC(F)(F)Oc1cccc(OC2Nc3c(c(=O)n(CCC(O)C(C)C)c(=O)n3C)N2Cc2ccc(CI)cc2)c1. The maximum Gasteiger partial charge on any atom is 0.397 e. The van der Waals surface area contributed by atoms with Crippen LogP contribution in [0.2, 0.25) is 0 Å². The highest BCUT2D eigenvalue weighted by atomic mass is 127. The van der Waals surface area contributed by atoms with Crippen molar-refractivity contribution in [2.45, 2.75) is 69.7 Å². The summed E-state index contributed by atoms with van der Waals surface area (Å²) in [6.07, 6.45) is -5.19. The lowest BCUT2D eigenvalue weighted by molar-refractivity contribution is -0.177. The number of nitrogens with zero attached hydrogens (tertiary/aromatic N) is 3. The zero-order chi connectivity index (χ0) is 29.9. The molecule has 2 atom stereocenters. The van der Waals surface area contributed by atoms with Gasteiger partial charge in [-0.1, -0.05) is 73.7 Å². The van der Waals surface area contributed by atoms with Crippen LogP contribution in [0.3, 0.4) is 0 Å². The van der Waals surface area contributed by atoms with E-state index in [1.165, 1.54) is 29.7 Å². The van der Waals surface area contributed by atoms with Crippen molar-refractivity contribution in [1.82, 2.24) is 9.13 Å². The highest BCUT2D eigenvalue weighted by Gasteiger charge is 2.37. The van der Waals surface area contributed by atoms with E-state index in [0.717, 1.165) is 20.1 Å². The summed E-state index contributed by atoms with van der Waals surface area (Å²) in [6, 6.07) is 13.8. The lowest BCUT2D eigenvalue weighted by Crippen LogP contribution is -2.43. The van der Waals surface area contributed by atoms with E-state index in [4.69, 9.17) is 9.47 Å². The first kappa shape index (κ1) is 30.8. The molecule has 2 N–H and O–H groups in total. The molecule has 2 aromatic carbocycles. The van der Waals surface area contributed by atoms with Crippen LogP contribution in [0, 0.1) is 5.92 Å². The Hall–Kier alpha value is -3.13. The summed E-state index contributed by atoms with van der Waals surface area (Å²) in [6.45, 7) is 5.37.